The Labute approximate surface area is 183 Å². The number of para-hydroxylation sites is 1. The number of aryl methyl sites for hydroxylation is 1. The Morgan fingerprint density at radius 1 is 1.16 bits per heavy atom. The van der Waals surface area contributed by atoms with Crippen LogP contribution in [0.4, 0.5) is 4.79 Å². The van der Waals surface area contributed by atoms with Gasteiger partial charge >= 0.3 is 6.03 Å². The van der Waals surface area contributed by atoms with Crippen LogP contribution >= 0.6 is 11.6 Å². The number of aromatic nitrogens is 1. The Morgan fingerprint density at radius 2 is 1.87 bits per heavy atom. The van der Waals surface area contributed by atoms with E-state index in [4.69, 9.17) is 16.9 Å². The Morgan fingerprint density at radius 3 is 2.58 bits per heavy atom. The van der Waals surface area contributed by atoms with Gasteiger partial charge in [0.1, 0.15) is 5.54 Å². The largest absolute Gasteiger partial charge is 0.346 e. The number of carbonyl (C=O) groups is 3. The molecule has 0 saturated carbocycles. The van der Waals surface area contributed by atoms with Crippen molar-refractivity contribution in [2.45, 2.75) is 25.4 Å². The Kier molecular flexibility index (Phi) is 5.25. The van der Waals surface area contributed by atoms with E-state index < -0.39 is 17.5 Å². The van der Waals surface area contributed by atoms with Crippen molar-refractivity contribution in [1.82, 2.24) is 14.8 Å². The number of carbonyl (C=O) groups excluding carboxylic acids is 3. The first-order valence-corrected chi connectivity index (χ1v) is 10.1. The van der Waals surface area contributed by atoms with E-state index in [-0.39, 0.29) is 12.3 Å². The maximum atomic E-state index is 13.1. The molecule has 3 aromatic rings. The predicted molar refractivity (Wildman–Crippen MR) is 116 cm³/mol. The molecule has 1 saturated heterocycles. The van der Waals surface area contributed by atoms with Gasteiger partial charge in [0, 0.05) is 34.2 Å². The number of imide groups is 1. The number of hydrogen-bond donors (Lipinski definition) is 1. The summed E-state index contributed by atoms with van der Waals surface area (Å²) < 4.78 is 1.84. The van der Waals surface area contributed by atoms with Gasteiger partial charge in [-0.05, 0) is 30.7 Å². The van der Waals surface area contributed by atoms with Gasteiger partial charge < -0.3 is 9.88 Å². The smallest absolute Gasteiger partial charge is 0.325 e. The van der Waals surface area contributed by atoms with Crippen LogP contribution in [0.15, 0.2) is 54.7 Å². The number of Topliss-reactive ketones (excluding diaryl/α,β-unsaturated/α-hetero) is 1. The molecule has 1 aliphatic heterocycles. The van der Waals surface area contributed by atoms with Crippen LogP contribution in [0.1, 0.15) is 29.3 Å². The van der Waals surface area contributed by atoms with Crippen LogP contribution in [-0.4, -0.2) is 33.7 Å². The van der Waals surface area contributed by atoms with E-state index in [1.165, 1.54) is 0 Å². The summed E-state index contributed by atoms with van der Waals surface area (Å²) in [6.45, 7) is 1.68. The molecule has 1 N–H and O–H groups in total. The fourth-order valence-corrected chi connectivity index (χ4v) is 4.00. The summed E-state index contributed by atoms with van der Waals surface area (Å²) in [5.41, 5.74) is 0.541. The Bertz CT molecular complexity index is 1240. The minimum absolute atomic E-state index is 0.304. The molecular formula is C23H19ClN4O3. The van der Waals surface area contributed by atoms with E-state index in [0.717, 1.165) is 15.8 Å². The first kappa shape index (κ1) is 20.6. The molecule has 31 heavy (non-hydrogen) atoms. The van der Waals surface area contributed by atoms with Gasteiger partial charge in [0.2, 0.25) is 0 Å². The number of benzene rings is 2. The minimum Gasteiger partial charge on any atom is -0.346 e. The highest BCUT2D eigenvalue weighted by atomic mass is 35.5. The van der Waals surface area contributed by atoms with E-state index in [1.54, 1.807) is 37.4 Å². The van der Waals surface area contributed by atoms with Gasteiger partial charge in [-0.25, -0.2) is 4.79 Å². The number of fused-ring (bicyclic) bond motifs is 1. The highest BCUT2D eigenvalue weighted by molar-refractivity contribution is 6.30. The van der Waals surface area contributed by atoms with Crippen LogP contribution in [0.25, 0.3) is 10.9 Å². The van der Waals surface area contributed by atoms with Crippen molar-refractivity contribution in [2.24, 2.45) is 0 Å². The summed E-state index contributed by atoms with van der Waals surface area (Å²) in [7, 11) is 0. The summed E-state index contributed by atoms with van der Waals surface area (Å²) in [5.74, 6) is -0.850. The third-order valence-electron chi connectivity index (χ3n) is 5.55. The van der Waals surface area contributed by atoms with Crippen molar-refractivity contribution < 1.29 is 14.4 Å². The van der Waals surface area contributed by atoms with Gasteiger partial charge in [0.05, 0.1) is 19.0 Å². The summed E-state index contributed by atoms with van der Waals surface area (Å²) in [4.78, 5) is 39.8. The predicted octanol–water partition coefficient (Wildman–Crippen LogP) is 3.86. The van der Waals surface area contributed by atoms with Crippen LogP contribution in [-0.2, 0) is 16.9 Å². The lowest BCUT2D eigenvalue weighted by Crippen LogP contribution is -2.41. The topological polar surface area (TPSA) is 95.2 Å². The van der Waals surface area contributed by atoms with Crippen LogP contribution in [0.3, 0.4) is 0 Å². The molecular weight excluding hydrogens is 416 g/mol. The Hall–Kier alpha value is -3.63. The van der Waals surface area contributed by atoms with E-state index >= 15 is 0 Å². The maximum absolute atomic E-state index is 13.1. The number of hydrogen-bond acceptors (Lipinski definition) is 4. The van der Waals surface area contributed by atoms with Crippen LogP contribution in [0.2, 0.25) is 5.02 Å². The van der Waals surface area contributed by atoms with Crippen molar-refractivity contribution in [3.63, 3.8) is 0 Å². The first-order chi connectivity index (χ1) is 14.8. The molecule has 2 heterocycles. The number of halogens is 1. The van der Waals surface area contributed by atoms with Gasteiger partial charge in [-0.2, -0.15) is 5.26 Å². The quantitative estimate of drug-likeness (QED) is 0.470. The molecule has 1 aromatic heterocycles. The third kappa shape index (κ3) is 3.56. The molecule has 0 spiro atoms. The number of ketones is 1. The molecule has 0 radical (unpaired) electrons. The molecule has 4 rings (SSSR count). The number of nitriles is 1. The monoisotopic (exact) mass is 434 g/mol. The summed E-state index contributed by atoms with van der Waals surface area (Å²) in [6.07, 6.45) is 1.99. The zero-order chi connectivity index (χ0) is 22.2. The normalized spacial score (nSPS) is 18.3. The molecule has 8 heteroatoms. The summed E-state index contributed by atoms with van der Waals surface area (Å²) in [5, 5.41) is 12.8. The van der Waals surface area contributed by atoms with Gasteiger partial charge in [-0.1, -0.05) is 41.9 Å². The number of rotatable bonds is 6. The minimum atomic E-state index is -1.28. The molecule has 1 atom stereocenters. The fraction of sp³-hybridized carbons (Fsp3) is 0.217. The third-order valence-corrected chi connectivity index (χ3v) is 5.80. The van der Waals surface area contributed by atoms with E-state index in [9.17, 15) is 14.4 Å². The standard InChI is InChI=1S/C23H19ClN4O3/c1-23(15-7-9-16(24)10-8-15)21(30)28(22(31)26-23)14-20(29)18-13-27(12-4-11-25)19-6-3-2-5-17(18)19/h2-3,5-10,13H,4,12,14H2,1H3,(H,26,31). The molecule has 1 unspecified atom stereocenters. The number of nitrogens with zero attached hydrogens (tertiary/aromatic N) is 3. The molecule has 7 nitrogen and oxygen atoms in total. The fourth-order valence-electron chi connectivity index (χ4n) is 3.87. The van der Waals surface area contributed by atoms with Crippen molar-refractivity contribution in [3.8, 4) is 6.07 Å². The SMILES string of the molecule is CC1(c2ccc(Cl)cc2)NC(=O)N(CC(=O)c2cn(CCC#N)c3ccccc23)C1=O. The lowest BCUT2D eigenvalue weighted by atomic mass is 9.92. The number of amides is 3. The molecule has 0 aliphatic carbocycles. The van der Waals surface area contributed by atoms with Crippen molar-refractivity contribution in [3.05, 3.63) is 70.9 Å². The number of nitrogens with one attached hydrogen (secondary N) is 1. The number of urea groups is 1. The summed E-state index contributed by atoms with van der Waals surface area (Å²) >= 11 is 5.93. The van der Waals surface area contributed by atoms with Crippen molar-refractivity contribution in [2.75, 3.05) is 6.54 Å². The second-order valence-corrected chi connectivity index (χ2v) is 7.97. The molecule has 2 aromatic carbocycles. The van der Waals surface area contributed by atoms with Gasteiger partial charge in [0.15, 0.2) is 5.78 Å². The average Bonchev–Trinajstić information content (AvgIpc) is 3.23. The molecule has 1 aliphatic rings. The summed E-state index contributed by atoms with van der Waals surface area (Å²) in [6, 6.07) is 15.5. The lowest BCUT2D eigenvalue weighted by Gasteiger charge is -2.22. The lowest BCUT2D eigenvalue weighted by molar-refractivity contribution is -0.130. The van der Waals surface area contributed by atoms with Crippen molar-refractivity contribution in [1.29, 1.82) is 5.26 Å². The second-order valence-electron chi connectivity index (χ2n) is 7.54. The van der Waals surface area contributed by atoms with E-state index in [2.05, 4.69) is 11.4 Å². The molecule has 156 valence electrons. The van der Waals surface area contributed by atoms with Crippen LogP contribution < -0.4 is 5.32 Å². The van der Waals surface area contributed by atoms with E-state index in [1.807, 2.05) is 28.8 Å². The first-order valence-electron chi connectivity index (χ1n) is 9.73. The maximum Gasteiger partial charge on any atom is 0.325 e. The van der Waals surface area contributed by atoms with Crippen LogP contribution in [0.5, 0.6) is 0 Å². The second kappa shape index (κ2) is 7.89. The zero-order valence-electron chi connectivity index (χ0n) is 16.8. The zero-order valence-corrected chi connectivity index (χ0v) is 17.5. The molecule has 3 amide bonds. The van der Waals surface area contributed by atoms with Gasteiger partial charge in [-0.15, -0.1) is 0 Å². The van der Waals surface area contributed by atoms with Crippen molar-refractivity contribution >= 4 is 40.2 Å². The average molecular weight is 435 g/mol. The molecule has 0 bridgehead atoms. The van der Waals surface area contributed by atoms with E-state index in [0.29, 0.717) is 29.1 Å². The van der Waals surface area contributed by atoms with Gasteiger partial charge in [0.25, 0.3) is 5.91 Å². The highest BCUT2D eigenvalue weighted by Crippen LogP contribution is 2.30. The van der Waals surface area contributed by atoms with Crippen LogP contribution in [0, 0.1) is 11.3 Å². The molecule has 1 fully saturated rings. The Balaban J connectivity index is 1.62. The van der Waals surface area contributed by atoms with Gasteiger partial charge in [-0.3, -0.25) is 14.5 Å². The highest BCUT2D eigenvalue weighted by Gasteiger charge is 2.49.